The fourth-order valence-corrected chi connectivity index (χ4v) is 6.28. The van der Waals surface area contributed by atoms with Crippen molar-refractivity contribution in [2.24, 2.45) is 0 Å². The number of anilines is 1. The van der Waals surface area contributed by atoms with Crippen molar-refractivity contribution in [2.75, 3.05) is 11.9 Å². The molecule has 9 heteroatoms. The Bertz CT molecular complexity index is 1630. The quantitative estimate of drug-likeness (QED) is 0.167. The molecule has 232 valence electrons. The van der Waals surface area contributed by atoms with Gasteiger partial charge in [0.2, 0.25) is 0 Å². The maximum absolute atomic E-state index is 6.81. The number of rotatable bonds is 13. The maximum Gasteiger partial charge on any atom is 0.197 e. The van der Waals surface area contributed by atoms with Crippen LogP contribution in [0.2, 0.25) is 0 Å². The number of aromatic nitrogens is 4. The molecule has 3 aromatic carbocycles. The van der Waals surface area contributed by atoms with Gasteiger partial charge in [-0.2, -0.15) is 5.10 Å². The van der Waals surface area contributed by atoms with Crippen molar-refractivity contribution < 1.29 is 18.9 Å². The van der Waals surface area contributed by atoms with E-state index >= 15 is 0 Å². The fraction of sp³-hybridized carbons (Fsp3) is 0.361. The predicted octanol–water partition coefficient (Wildman–Crippen LogP) is 6.31. The van der Waals surface area contributed by atoms with E-state index in [2.05, 4.69) is 51.8 Å². The molecule has 0 spiro atoms. The molecule has 3 heterocycles. The van der Waals surface area contributed by atoms with Crippen molar-refractivity contribution in [3.8, 4) is 0 Å². The highest BCUT2D eigenvalue weighted by molar-refractivity contribution is 5.62. The molecule has 0 amide bonds. The summed E-state index contributed by atoms with van der Waals surface area (Å²) < 4.78 is 28.2. The molecule has 2 fully saturated rings. The third-order valence-electron chi connectivity index (χ3n) is 8.59. The summed E-state index contributed by atoms with van der Waals surface area (Å²) in [7, 11) is 0. The number of fused-ring (bicyclic) bond motifs is 1. The van der Waals surface area contributed by atoms with Gasteiger partial charge < -0.3 is 24.3 Å². The van der Waals surface area contributed by atoms with Gasteiger partial charge in [0.25, 0.3) is 0 Å². The maximum atomic E-state index is 6.81. The van der Waals surface area contributed by atoms with Gasteiger partial charge in [-0.05, 0) is 29.5 Å². The molecule has 7 rings (SSSR count). The average molecular weight is 606 g/mol. The fourth-order valence-electron chi connectivity index (χ4n) is 6.28. The molecular weight excluding hydrogens is 566 g/mol. The van der Waals surface area contributed by atoms with Gasteiger partial charge >= 0.3 is 0 Å². The first-order valence-corrected chi connectivity index (χ1v) is 15.9. The van der Waals surface area contributed by atoms with Gasteiger partial charge in [-0.3, -0.25) is 0 Å². The topological polar surface area (TPSA) is 92.0 Å². The molecule has 9 nitrogen and oxygen atoms in total. The minimum atomic E-state index is -0.496. The summed E-state index contributed by atoms with van der Waals surface area (Å²) in [6.07, 6.45) is 6.41. The Balaban J connectivity index is 1.18. The Hall–Kier alpha value is -4.15. The van der Waals surface area contributed by atoms with E-state index < -0.39 is 18.3 Å². The number of nitrogens with one attached hydrogen (secondary N) is 1. The first kappa shape index (κ1) is 29.6. The van der Waals surface area contributed by atoms with Gasteiger partial charge in [-0.15, -0.1) is 0 Å². The van der Waals surface area contributed by atoms with Crippen LogP contribution in [0.1, 0.15) is 54.2 Å². The molecule has 1 aliphatic heterocycles. The molecule has 0 bridgehead atoms. The second-order valence-corrected chi connectivity index (χ2v) is 11.8. The SMILES string of the molecule is c1ccc(COC[C@H]2OC(c3cnc4c(NC5CCCC5)ncnn34)[C@H](OCc3ccccc3)[C@@H]2OCc2ccccc2)cc1. The van der Waals surface area contributed by atoms with Gasteiger partial charge in [0.15, 0.2) is 11.5 Å². The van der Waals surface area contributed by atoms with Crippen LogP contribution in [0, 0.1) is 0 Å². The monoisotopic (exact) mass is 605 g/mol. The van der Waals surface area contributed by atoms with Gasteiger partial charge in [0.1, 0.15) is 30.7 Å². The molecular formula is C36H39N5O4. The normalized spacial score (nSPS) is 21.9. The molecule has 0 radical (unpaired) electrons. The molecule has 2 aliphatic rings. The van der Waals surface area contributed by atoms with Crippen LogP contribution in [0.5, 0.6) is 0 Å². The van der Waals surface area contributed by atoms with E-state index in [1.165, 1.54) is 12.8 Å². The molecule has 2 aromatic heterocycles. The Morgan fingerprint density at radius 1 is 0.733 bits per heavy atom. The zero-order valence-electron chi connectivity index (χ0n) is 25.3. The number of imidazole rings is 1. The summed E-state index contributed by atoms with van der Waals surface area (Å²) in [5.74, 6) is 0.738. The van der Waals surface area contributed by atoms with Crippen LogP contribution in [-0.2, 0) is 38.8 Å². The minimum absolute atomic E-state index is 0.344. The molecule has 1 N–H and O–H groups in total. The molecule has 5 aromatic rings. The first-order chi connectivity index (χ1) is 22.3. The van der Waals surface area contributed by atoms with Crippen LogP contribution in [0.4, 0.5) is 5.82 Å². The first-order valence-electron chi connectivity index (χ1n) is 15.9. The Kier molecular flexibility index (Phi) is 9.39. The Morgan fingerprint density at radius 2 is 1.33 bits per heavy atom. The van der Waals surface area contributed by atoms with Crippen LogP contribution < -0.4 is 5.32 Å². The highest BCUT2D eigenvalue weighted by atomic mass is 16.6. The lowest BCUT2D eigenvalue weighted by atomic mass is 10.0. The number of hydrogen-bond donors (Lipinski definition) is 1. The van der Waals surface area contributed by atoms with E-state index in [1.807, 2.05) is 65.3 Å². The summed E-state index contributed by atoms with van der Waals surface area (Å²) in [6.45, 7) is 1.66. The molecule has 1 saturated carbocycles. The highest BCUT2D eigenvalue weighted by Gasteiger charge is 2.48. The van der Waals surface area contributed by atoms with E-state index in [4.69, 9.17) is 23.9 Å². The standard InChI is InChI=1S/C36H39N5O4/c1-4-12-26(13-5-1)21-42-24-31-33(43-22-27-14-6-2-7-15-27)34(44-23-28-16-8-3-9-17-28)32(45-31)30-20-37-36-35(38-25-39-41(30)36)40-29-18-10-11-19-29/h1-9,12-17,20,25,29,31-34H,10-11,18-19,21-24H2,(H,38,39,40)/t31-,32?,33-,34+/m1/s1. The van der Waals surface area contributed by atoms with Gasteiger partial charge in [0, 0.05) is 6.04 Å². The van der Waals surface area contributed by atoms with E-state index in [0.29, 0.717) is 38.1 Å². The lowest BCUT2D eigenvalue weighted by Gasteiger charge is -2.25. The van der Waals surface area contributed by atoms with E-state index in [-0.39, 0.29) is 6.10 Å². The number of nitrogens with zero attached hydrogens (tertiary/aromatic N) is 4. The summed E-state index contributed by atoms with van der Waals surface area (Å²) in [4.78, 5) is 9.32. The Labute approximate surface area is 263 Å². The minimum Gasteiger partial charge on any atom is -0.374 e. The van der Waals surface area contributed by atoms with Crippen LogP contribution in [0.15, 0.2) is 104 Å². The largest absolute Gasteiger partial charge is 0.374 e. The van der Waals surface area contributed by atoms with Gasteiger partial charge in [-0.1, -0.05) is 104 Å². The molecule has 45 heavy (non-hydrogen) atoms. The van der Waals surface area contributed by atoms with E-state index in [1.54, 1.807) is 6.33 Å². The van der Waals surface area contributed by atoms with Crippen molar-refractivity contribution in [1.29, 1.82) is 0 Å². The van der Waals surface area contributed by atoms with Crippen molar-refractivity contribution in [3.63, 3.8) is 0 Å². The summed E-state index contributed by atoms with van der Waals surface area (Å²) in [6, 6.07) is 30.9. The van der Waals surface area contributed by atoms with Crippen LogP contribution in [-0.4, -0.2) is 50.5 Å². The number of benzene rings is 3. The zero-order chi connectivity index (χ0) is 30.3. The van der Waals surface area contributed by atoms with Crippen LogP contribution in [0.25, 0.3) is 5.65 Å². The van der Waals surface area contributed by atoms with Crippen molar-refractivity contribution in [2.45, 2.75) is 76.0 Å². The lowest BCUT2D eigenvalue weighted by molar-refractivity contribution is -0.0898. The van der Waals surface area contributed by atoms with Gasteiger partial charge in [-0.25, -0.2) is 14.5 Å². The molecule has 1 saturated heterocycles. The molecule has 1 unspecified atom stereocenters. The summed E-state index contributed by atoms with van der Waals surface area (Å²) in [5, 5.41) is 8.21. The second kappa shape index (κ2) is 14.3. The highest BCUT2D eigenvalue weighted by Crippen LogP contribution is 2.39. The van der Waals surface area contributed by atoms with Crippen molar-refractivity contribution in [1.82, 2.24) is 19.6 Å². The molecule has 4 atom stereocenters. The van der Waals surface area contributed by atoms with Crippen molar-refractivity contribution >= 4 is 11.5 Å². The second-order valence-electron chi connectivity index (χ2n) is 11.8. The van der Waals surface area contributed by atoms with Gasteiger partial charge in [0.05, 0.1) is 38.3 Å². The van der Waals surface area contributed by atoms with Crippen molar-refractivity contribution in [3.05, 3.63) is 126 Å². The van der Waals surface area contributed by atoms with E-state index in [0.717, 1.165) is 41.0 Å². The smallest absolute Gasteiger partial charge is 0.197 e. The predicted molar refractivity (Wildman–Crippen MR) is 170 cm³/mol. The molecule has 1 aliphatic carbocycles. The number of ether oxygens (including phenoxy) is 4. The Morgan fingerprint density at radius 3 is 1.98 bits per heavy atom. The van der Waals surface area contributed by atoms with Crippen LogP contribution >= 0.6 is 0 Å². The van der Waals surface area contributed by atoms with Crippen LogP contribution in [0.3, 0.4) is 0 Å². The summed E-state index contributed by atoms with van der Waals surface area (Å²) >= 11 is 0. The zero-order valence-corrected chi connectivity index (χ0v) is 25.3. The average Bonchev–Trinajstić information content (AvgIpc) is 3.84. The third kappa shape index (κ3) is 7.07. The van der Waals surface area contributed by atoms with E-state index in [9.17, 15) is 0 Å². The third-order valence-corrected chi connectivity index (χ3v) is 8.59. The summed E-state index contributed by atoms with van der Waals surface area (Å²) in [5.41, 5.74) is 4.72. The lowest BCUT2D eigenvalue weighted by Crippen LogP contribution is -2.38. The number of hydrogen-bond acceptors (Lipinski definition) is 8.